The molecule has 1 aliphatic carbocycles. The number of carbonyl (C=O) groups excluding carboxylic acids is 1. The zero-order valence-electron chi connectivity index (χ0n) is 10.8. The summed E-state index contributed by atoms with van der Waals surface area (Å²) >= 11 is 0. The summed E-state index contributed by atoms with van der Waals surface area (Å²) in [7, 11) is 0. The van der Waals surface area contributed by atoms with Crippen molar-refractivity contribution in [3.63, 3.8) is 0 Å². The highest BCUT2D eigenvalue weighted by Gasteiger charge is 2.47. The molecule has 0 aromatic carbocycles. The molecular weight excluding hydrogens is 200 g/mol. The molecule has 92 valence electrons. The molecule has 2 atom stereocenters. The lowest BCUT2D eigenvalue weighted by molar-refractivity contribution is -0.136. The molecule has 2 rings (SSSR count). The first kappa shape index (κ1) is 11.9. The zero-order chi connectivity index (χ0) is 11.8. The Morgan fingerprint density at radius 3 is 2.75 bits per heavy atom. The maximum absolute atomic E-state index is 12.2. The number of nitrogens with one attached hydrogen (secondary N) is 1. The molecule has 2 unspecified atom stereocenters. The van der Waals surface area contributed by atoms with Gasteiger partial charge in [-0.1, -0.05) is 20.8 Å². The monoisotopic (exact) mass is 224 g/mol. The van der Waals surface area contributed by atoms with Crippen LogP contribution in [-0.4, -0.2) is 36.5 Å². The van der Waals surface area contributed by atoms with E-state index >= 15 is 0 Å². The molecule has 0 aromatic rings. The van der Waals surface area contributed by atoms with Crippen LogP contribution in [0, 0.1) is 11.3 Å². The second-order valence-electron chi connectivity index (χ2n) is 5.93. The molecule has 16 heavy (non-hydrogen) atoms. The second-order valence-corrected chi connectivity index (χ2v) is 5.93. The van der Waals surface area contributed by atoms with Crippen LogP contribution in [0.1, 0.15) is 40.0 Å². The van der Waals surface area contributed by atoms with Crippen molar-refractivity contribution >= 4 is 5.91 Å². The Hall–Kier alpha value is -0.570. The summed E-state index contributed by atoms with van der Waals surface area (Å²) in [6.07, 6.45) is 3.44. The van der Waals surface area contributed by atoms with Crippen molar-refractivity contribution in [1.29, 1.82) is 0 Å². The van der Waals surface area contributed by atoms with E-state index < -0.39 is 0 Å². The molecule has 0 bridgehead atoms. The summed E-state index contributed by atoms with van der Waals surface area (Å²) in [4.78, 5) is 14.2. The average molecular weight is 224 g/mol. The van der Waals surface area contributed by atoms with Crippen molar-refractivity contribution in [2.75, 3.05) is 19.6 Å². The molecule has 3 heteroatoms. The van der Waals surface area contributed by atoms with Crippen LogP contribution in [0.15, 0.2) is 0 Å². The number of carbonyl (C=O) groups is 1. The topological polar surface area (TPSA) is 32.3 Å². The Balaban J connectivity index is 1.87. The number of nitrogens with zero attached hydrogens (tertiary/aromatic N) is 1. The van der Waals surface area contributed by atoms with Crippen LogP contribution in [0.4, 0.5) is 0 Å². The Kier molecular flexibility index (Phi) is 3.24. The summed E-state index contributed by atoms with van der Waals surface area (Å²) in [5.41, 5.74) is 0.478. The largest absolute Gasteiger partial charge is 0.341 e. The van der Waals surface area contributed by atoms with Crippen molar-refractivity contribution in [1.82, 2.24) is 10.2 Å². The van der Waals surface area contributed by atoms with E-state index in [0.29, 0.717) is 11.3 Å². The fourth-order valence-corrected chi connectivity index (χ4v) is 2.71. The molecule has 1 heterocycles. The van der Waals surface area contributed by atoms with Gasteiger partial charge >= 0.3 is 0 Å². The molecule has 0 radical (unpaired) electrons. The first-order chi connectivity index (χ1) is 7.54. The lowest BCUT2D eigenvalue weighted by Gasteiger charge is -2.33. The van der Waals surface area contributed by atoms with Gasteiger partial charge in [0.2, 0.25) is 5.91 Å². The van der Waals surface area contributed by atoms with Gasteiger partial charge in [-0.3, -0.25) is 4.79 Å². The number of hydrogen-bond donors (Lipinski definition) is 1. The molecule has 0 aromatic heterocycles. The highest BCUT2D eigenvalue weighted by Crippen LogP contribution is 2.51. The number of amides is 1. The number of likely N-dealkylation sites (tertiary alicyclic amines) is 1. The number of likely N-dealkylation sites (N-methyl/N-ethyl adjacent to an activating group) is 1. The van der Waals surface area contributed by atoms with E-state index in [9.17, 15) is 4.79 Å². The van der Waals surface area contributed by atoms with Crippen LogP contribution in [0.3, 0.4) is 0 Å². The van der Waals surface area contributed by atoms with Gasteiger partial charge in [-0.05, 0) is 37.1 Å². The highest BCUT2D eigenvalue weighted by molar-refractivity contribution is 5.82. The lowest BCUT2D eigenvalue weighted by Crippen LogP contribution is -2.51. The van der Waals surface area contributed by atoms with Gasteiger partial charge in [0.1, 0.15) is 0 Å². The highest BCUT2D eigenvalue weighted by atomic mass is 16.2. The van der Waals surface area contributed by atoms with E-state index in [2.05, 4.69) is 31.0 Å². The summed E-state index contributed by atoms with van der Waals surface area (Å²) in [5.74, 6) is 1.06. The Bertz CT molecular complexity index is 273. The first-order valence-corrected chi connectivity index (χ1v) is 6.57. The van der Waals surface area contributed by atoms with E-state index in [-0.39, 0.29) is 6.04 Å². The minimum absolute atomic E-state index is 0.0839. The van der Waals surface area contributed by atoms with Gasteiger partial charge in [0, 0.05) is 13.1 Å². The smallest absolute Gasteiger partial charge is 0.239 e. The van der Waals surface area contributed by atoms with Crippen molar-refractivity contribution in [3.05, 3.63) is 0 Å². The van der Waals surface area contributed by atoms with Gasteiger partial charge in [-0.15, -0.1) is 0 Å². The predicted molar refractivity (Wildman–Crippen MR) is 65.2 cm³/mol. The fourth-order valence-electron chi connectivity index (χ4n) is 2.71. The van der Waals surface area contributed by atoms with Crippen LogP contribution in [-0.2, 0) is 4.79 Å². The fraction of sp³-hybridized carbons (Fsp3) is 0.923. The maximum atomic E-state index is 12.2. The van der Waals surface area contributed by atoms with Crippen LogP contribution < -0.4 is 5.32 Å². The van der Waals surface area contributed by atoms with Gasteiger partial charge in [-0.25, -0.2) is 0 Å². The van der Waals surface area contributed by atoms with Crippen molar-refractivity contribution < 1.29 is 4.79 Å². The first-order valence-electron chi connectivity index (χ1n) is 6.57. The van der Waals surface area contributed by atoms with Crippen LogP contribution in [0.2, 0.25) is 0 Å². The number of rotatable bonds is 4. The molecule has 2 aliphatic rings. The molecule has 1 saturated carbocycles. The SMILES string of the molecule is CCNC1CCCN(CC2CC2(C)C)C1=O. The van der Waals surface area contributed by atoms with Gasteiger partial charge < -0.3 is 10.2 Å². The average Bonchev–Trinajstić information content (AvgIpc) is 2.81. The van der Waals surface area contributed by atoms with E-state index in [1.54, 1.807) is 0 Å². The molecule has 0 spiro atoms. The molecule has 1 N–H and O–H groups in total. The van der Waals surface area contributed by atoms with E-state index in [1.807, 2.05) is 0 Å². The summed E-state index contributed by atoms with van der Waals surface area (Å²) < 4.78 is 0. The van der Waals surface area contributed by atoms with Crippen molar-refractivity contribution in [2.24, 2.45) is 11.3 Å². The Labute approximate surface area is 98.6 Å². The van der Waals surface area contributed by atoms with Gasteiger partial charge in [-0.2, -0.15) is 0 Å². The van der Waals surface area contributed by atoms with Crippen LogP contribution in [0.5, 0.6) is 0 Å². The van der Waals surface area contributed by atoms with Crippen molar-refractivity contribution in [2.45, 2.75) is 46.1 Å². The Morgan fingerprint density at radius 2 is 2.19 bits per heavy atom. The number of hydrogen-bond acceptors (Lipinski definition) is 2. The predicted octanol–water partition coefficient (Wildman–Crippen LogP) is 1.63. The third kappa shape index (κ3) is 2.40. The van der Waals surface area contributed by atoms with Crippen LogP contribution in [0.25, 0.3) is 0 Å². The van der Waals surface area contributed by atoms with Crippen LogP contribution >= 0.6 is 0 Å². The van der Waals surface area contributed by atoms with Crippen molar-refractivity contribution in [3.8, 4) is 0 Å². The van der Waals surface area contributed by atoms with E-state index in [1.165, 1.54) is 6.42 Å². The molecule has 3 nitrogen and oxygen atoms in total. The minimum atomic E-state index is 0.0839. The molecular formula is C13H24N2O. The second kappa shape index (κ2) is 4.36. The zero-order valence-corrected chi connectivity index (χ0v) is 10.8. The van der Waals surface area contributed by atoms with Gasteiger partial charge in [0.05, 0.1) is 6.04 Å². The lowest BCUT2D eigenvalue weighted by atomic mass is 10.0. The molecule has 1 aliphatic heterocycles. The molecule has 1 amide bonds. The maximum Gasteiger partial charge on any atom is 0.239 e. The Morgan fingerprint density at radius 1 is 1.50 bits per heavy atom. The summed E-state index contributed by atoms with van der Waals surface area (Å²) in [6, 6.07) is 0.0839. The number of piperidine rings is 1. The van der Waals surface area contributed by atoms with E-state index in [4.69, 9.17) is 0 Å². The standard InChI is InChI=1S/C13H24N2O/c1-4-14-11-6-5-7-15(12(11)16)9-10-8-13(10,2)3/h10-11,14H,4-9H2,1-3H3. The van der Waals surface area contributed by atoms with Gasteiger partial charge in [0.25, 0.3) is 0 Å². The summed E-state index contributed by atoms with van der Waals surface area (Å²) in [5, 5.41) is 3.29. The quantitative estimate of drug-likeness (QED) is 0.787. The van der Waals surface area contributed by atoms with Gasteiger partial charge in [0.15, 0.2) is 0 Å². The third-order valence-electron chi connectivity index (χ3n) is 4.14. The minimum Gasteiger partial charge on any atom is -0.341 e. The molecule has 2 fully saturated rings. The molecule has 1 saturated heterocycles. The van der Waals surface area contributed by atoms with E-state index in [0.717, 1.165) is 38.4 Å². The normalized spacial score (nSPS) is 32.9. The third-order valence-corrected chi connectivity index (χ3v) is 4.14. The summed E-state index contributed by atoms with van der Waals surface area (Å²) in [6.45, 7) is 9.50.